The van der Waals surface area contributed by atoms with Gasteiger partial charge in [0, 0.05) is 17.1 Å². The fourth-order valence-electron chi connectivity index (χ4n) is 3.50. The standard InChI is InChI=1S/C24H27ClN4O3S/c1-4-29(14-21-26-20-13-17(25)8-9-18(20)23(31)28-21)24(32)19(10-11-33-3)27-22(30)16-7-5-6-15(2)12-16/h5-9,12-13,19H,4,10-11,14H2,1-3H3,(H,27,30)(H,26,28,31). The van der Waals surface area contributed by atoms with Crippen LogP contribution in [-0.4, -0.2) is 51.3 Å². The van der Waals surface area contributed by atoms with Crippen molar-refractivity contribution in [2.75, 3.05) is 18.6 Å². The molecule has 2 amide bonds. The third kappa shape index (κ3) is 6.36. The highest BCUT2D eigenvalue weighted by Crippen LogP contribution is 2.15. The molecule has 0 saturated heterocycles. The van der Waals surface area contributed by atoms with Gasteiger partial charge in [0.1, 0.15) is 11.9 Å². The Morgan fingerprint density at radius 3 is 2.73 bits per heavy atom. The zero-order chi connectivity index (χ0) is 24.0. The molecule has 7 nitrogen and oxygen atoms in total. The van der Waals surface area contributed by atoms with Gasteiger partial charge in [-0.3, -0.25) is 14.4 Å². The van der Waals surface area contributed by atoms with Gasteiger partial charge < -0.3 is 15.2 Å². The van der Waals surface area contributed by atoms with E-state index in [1.165, 1.54) is 0 Å². The van der Waals surface area contributed by atoms with E-state index in [2.05, 4.69) is 15.3 Å². The van der Waals surface area contributed by atoms with Crippen molar-refractivity contribution in [2.24, 2.45) is 0 Å². The van der Waals surface area contributed by atoms with Gasteiger partial charge in [-0.1, -0.05) is 29.3 Å². The molecule has 33 heavy (non-hydrogen) atoms. The number of rotatable bonds is 9. The normalized spacial score (nSPS) is 11.9. The number of aromatic amines is 1. The fourth-order valence-corrected chi connectivity index (χ4v) is 4.14. The molecule has 3 rings (SSSR count). The molecule has 0 aliphatic heterocycles. The topological polar surface area (TPSA) is 95.2 Å². The highest BCUT2D eigenvalue weighted by Gasteiger charge is 2.26. The maximum Gasteiger partial charge on any atom is 0.258 e. The first-order valence-electron chi connectivity index (χ1n) is 10.7. The molecule has 174 valence electrons. The first kappa shape index (κ1) is 24.8. The minimum Gasteiger partial charge on any atom is -0.340 e. The zero-order valence-corrected chi connectivity index (χ0v) is 20.4. The molecular formula is C24H27ClN4O3S. The molecule has 1 atom stereocenters. The molecule has 0 saturated carbocycles. The van der Waals surface area contributed by atoms with E-state index in [-0.39, 0.29) is 23.9 Å². The molecular weight excluding hydrogens is 460 g/mol. The number of nitrogens with zero attached hydrogens (tertiary/aromatic N) is 2. The quantitative estimate of drug-likeness (QED) is 0.480. The number of carbonyl (C=O) groups excluding carboxylic acids is 2. The van der Waals surface area contributed by atoms with Gasteiger partial charge in [0.2, 0.25) is 5.91 Å². The lowest BCUT2D eigenvalue weighted by Crippen LogP contribution is -2.48. The smallest absolute Gasteiger partial charge is 0.258 e. The number of aryl methyl sites for hydroxylation is 1. The van der Waals surface area contributed by atoms with Crippen molar-refractivity contribution < 1.29 is 9.59 Å². The number of fused-ring (bicyclic) bond motifs is 1. The van der Waals surface area contributed by atoms with E-state index in [1.54, 1.807) is 47.0 Å². The van der Waals surface area contributed by atoms with Crippen LogP contribution in [0.3, 0.4) is 0 Å². The van der Waals surface area contributed by atoms with Gasteiger partial charge >= 0.3 is 0 Å². The van der Waals surface area contributed by atoms with Crippen LogP contribution in [0.4, 0.5) is 0 Å². The molecule has 2 aromatic carbocycles. The molecule has 0 radical (unpaired) electrons. The van der Waals surface area contributed by atoms with Crippen molar-refractivity contribution in [3.63, 3.8) is 0 Å². The second kappa shape index (κ2) is 11.3. The van der Waals surface area contributed by atoms with Crippen molar-refractivity contribution in [1.82, 2.24) is 20.2 Å². The summed E-state index contributed by atoms with van der Waals surface area (Å²) in [5.74, 6) is 0.562. The largest absolute Gasteiger partial charge is 0.340 e. The SMILES string of the molecule is CCN(Cc1nc2cc(Cl)ccc2c(=O)[nH]1)C(=O)C(CCSC)NC(=O)c1cccc(C)c1. The summed E-state index contributed by atoms with van der Waals surface area (Å²) in [6.07, 6.45) is 2.45. The molecule has 0 fully saturated rings. The molecule has 1 unspecified atom stereocenters. The summed E-state index contributed by atoms with van der Waals surface area (Å²) >= 11 is 7.65. The van der Waals surface area contributed by atoms with Gasteiger partial charge in [0.05, 0.1) is 17.4 Å². The molecule has 2 N–H and O–H groups in total. The zero-order valence-electron chi connectivity index (χ0n) is 18.9. The van der Waals surface area contributed by atoms with Gasteiger partial charge in [-0.2, -0.15) is 11.8 Å². The van der Waals surface area contributed by atoms with Gasteiger partial charge in [0.25, 0.3) is 11.5 Å². The number of halogens is 1. The lowest BCUT2D eigenvalue weighted by Gasteiger charge is -2.26. The number of amides is 2. The average Bonchev–Trinajstić information content (AvgIpc) is 2.79. The highest BCUT2D eigenvalue weighted by molar-refractivity contribution is 7.98. The Bertz CT molecular complexity index is 1210. The van der Waals surface area contributed by atoms with Crippen molar-refractivity contribution in [3.05, 3.63) is 74.8 Å². The molecule has 1 aromatic heterocycles. The van der Waals surface area contributed by atoms with E-state index in [9.17, 15) is 14.4 Å². The Kier molecular flexibility index (Phi) is 8.52. The molecule has 0 spiro atoms. The Hall–Kier alpha value is -2.84. The van der Waals surface area contributed by atoms with Crippen LogP contribution in [0.2, 0.25) is 5.02 Å². The number of nitrogens with one attached hydrogen (secondary N) is 2. The van der Waals surface area contributed by atoms with E-state index in [0.717, 1.165) is 5.56 Å². The summed E-state index contributed by atoms with van der Waals surface area (Å²) in [7, 11) is 0. The number of likely N-dealkylation sites (N-methyl/N-ethyl adjacent to an activating group) is 1. The number of benzene rings is 2. The Labute approximate surface area is 201 Å². The van der Waals surface area contributed by atoms with Gasteiger partial charge in [-0.15, -0.1) is 0 Å². The molecule has 0 aliphatic carbocycles. The number of hydrogen-bond acceptors (Lipinski definition) is 5. The van der Waals surface area contributed by atoms with E-state index in [4.69, 9.17) is 11.6 Å². The maximum absolute atomic E-state index is 13.4. The number of thioether (sulfide) groups is 1. The first-order chi connectivity index (χ1) is 15.8. The number of hydrogen-bond donors (Lipinski definition) is 2. The van der Waals surface area contributed by atoms with Crippen LogP contribution in [0, 0.1) is 6.92 Å². The van der Waals surface area contributed by atoms with Crippen LogP contribution >= 0.6 is 23.4 Å². The monoisotopic (exact) mass is 486 g/mol. The van der Waals surface area contributed by atoms with Crippen LogP contribution in [0.15, 0.2) is 47.3 Å². The maximum atomic E-state index is 13.4. The van der Waals surface area contributed by atoms with Crippen molar-refractivity contribution >= 4 is 46.1 Å². The van der Waals surface area contributed by atoms with Crippen molar-refractivity contribution in [1.29, 1.82) is 0 Å². The van der Waals surface area contributed by atoms with Gasteiger partial charge in [0.15, 0.2) is 0 Å². The van der Waals surface area contributed by atoms with Crippen LogP contribution in [0.1, 0.15) is 35.1 Å². The second-order valence-electron chi connectivity index (χ2n) is 7.70. The van der Waals surface area contributed by atoms with E-state index in [1.807, 2.05) is 32.2 Å². The predicted molar refractivity (Wildman–Crippen MR) is 134 cm³/mol. The van der Waals surface area contributed by atoms with Crippen LogP contribution in [0.5, 0.6) is 0 Å². The van der Waals surface area contributed by atoms with Crippen molar-refractivity contribution in [2.45, 2.75) is 32.9 Å². The minimum absolute atomic E-state index is 0.114. The summed E-state index contributed by atoms with van der Waals surface area (Å²) in [6, 6.07) is 11.4. The van der Waals surface area contributed by atoms with Gasteiger partial charge in [-0.25, -0.2) is 4.98 Å². The molecule has 0 aliphatic rings. The summed E-state index contributed by atoms with van der Waals surface area (Å²) in [5, 5.41) is 3.80. The van der Waals surface area contributed by atoms with Gasteiger partial charge in [-0.05, 0) is 62.6 Å². The van der Waals surface area contributed by atoms with E-state index < -0.39 is 6.04 Å². The van der Waals surface area contributed by atoms with E-state index >= 15 is 0 Å². The number of aromatic nitrogens is 2. The molecule has 3 aromatic rings. The van der Waals surface area contributed by atoms with Crippen LogP contribution in [-0.2, 0) is 11.3 Å². The Morgan fingerprint density at radius 1 is 1.24 bits per heavy atom. The first-order valence-corrected chi connectivity index (χ1v) is 12.4. The average molecular weight is 487 g/mol. The second-order valence-corrected chi connectivity index (χ2v) is 9.13. The fraction of sp³-hybridized carbons (Fsp3) is 0.333. The Morgan fingerprint density at radius 2 is 2.03 bits per heavy atom. The molecule has 0 bridgehead atoms. The van der Waals surface area contributed by atoms with E-state index in [0.29, 0.717) is 46.0 Å². The predicted octanol–water partition coefficient (Wildman–Crippen LogP) is 3.79. The van der Waals surface area contributed by atoms with Crippen molar-refractivity contribution in [3.8, 4) is 0 Å². The molecule has 1 heterocycles. The third-order valence-corrected chi connectivity index (χ3v) is 6.13. The summed E-state index contributed by atoms with van der Waals surface area (Å²) in [6.45, 7) is 4.27. The highest BCUT2D eigenvalue weighted by atomic mass is 35.5. The number of H-pyrrole nitrogens is 1. The summed E-state index contributed by atoms with van der Waals surface area (Å²) < 4.78 is 0. The minimum atomic E-state index is -0.688. The third-order valence-electron chi connectivity index (χ3n) is 5.25. The van der Waals surface area contributed by atoms with Crippen LogP contribution in [0.25, 0.3) is 10.9 Å². The lowest BCUT2D eigenvalue weighted by atomic mass is 10.1. The summed E-state index contributed by atoms with van der Waals surface area (Å²) in [5.41, 5.74) is 1.66. The molecule has 9 heteroatoms. The lowest BCUT2D eigenvalue weighted by molar-refractivity contribution is -0.133. The van der Waals surface area contributed by atoms with Crippen LogP contribution < -0.4 is 10.9 Å². The summed E-state index contributed by atoms with van der Waals surface area (Å²) in [4.78, 5) is 47.5. The number of carbonyl (C=O) groups is 2. The Balaban J connectivity index is 1.82.